The van der Waals surface area contributed by atoms with Gasteiger partial charge >= 0.3 is 0 Å². The van der Waals surface area contributed by atoms with E-state index in [1.807, 2.05) is 0 Å². The quantitative estimate of drug-likeness (QED) is 0.671. The molecule has 0 aromatic heterocycles. The van der Waals surface area contributed by atoms with Gasteiger partial charge in [-0.3, -0.25) is 0 Å². The van der Waals surface area contributed by atoms with E-state index in [1.165, 1.54) is 25.7 Å². The van der Waals surface area contributed by atoms with Crippen LogP contribution in [0.4, 0.5) is 0 Å². The lowest BCUT2D eigenvalue weighted by Crippen LogP contribution is -2.41. The van der Waals surface area contributed by atoms with Gasteiger partial charge in [-0.2, -0.15) is 0 Å². The predicted octanol–water partition coefficient (Wildman–Crippen LogP) is 1.50. The Bertz CT molecular complexity index is 123. The topological polar surface area (TPSA) is 38.0 Å². The Kier molecular flexibility index (Phi) is 4.02. The van der Waals surface area contributed by atoms with Crippen LogP contribution in [0.25, 0.3) is 0 Å². The Balaban J connectivity index is 2.06. The maximum Gasteiger partial charge on any atom is 0.0219 e. The van der Waals surface area contributed by atoms with E-state index >= 15 is 0 Å². The fraction of sp³-hybridized carbons (Fsp3) is 1.00. The monoisotopic (exact) mass is 170 g/mol. The van der Waals surface area contributed by atoms with Gasteiger partial charge in [-0.15, -0.1) is 0 Å². The van der Waals surface area contributed by atoms with Gasteiger partial charge in [0.25, 0.3) is 0 Å². The maximum atomic E-state index is 5.93. The van der Waals surface area contributed by atoms with Crippen LogP contribution in [0.2, 0.25) is 0 Å². The molecule has 0 amide bonds. The molecule has 3 N–H and O–H groups in total. The van der Waals surface area contributed by atoms with Crippen LogP contribution in [0, 0.1) is 5.92 Å². The van der Waals surface area contributed by atoms with E-state index in [0.717, 1.165) is 12.5 Å². The summed E-state index contributed by atoms with van der Waals surface area (Å²) in [6, 6.07) is 1.01. The zero-order chi connectivity index (χ0) is 8.97. The van der Waals surface area contributed by atoms with Crippen molar-refractivity contribution < 1.29 is 0 Å². The molecule has 0 aromatic rings. The van der Waals surface area contributed by atoms with Gasteiger partial charge in [0, 0.05) is 12.1 Å². The SMILES string of the molecule is CC(C)CCNC1CCCC1N. The van der Waals surface area contributed by atoms with Crippen molar-refractivity contribution in [2.45, 2.75) is 51.6 Å². The first-order valence-electron chi connectivity index (χ1n) is 5.19. The van der Waals surface area contributed by atoms with E-state index in [2.05, 4.69) is 19.2 Å². The van der Waals surface area contributed by atoms with Gasteiger partial charge < -0.3 is 11.1 Å². The molecule has 1 rings (SSSR count). The normalized spacial score (nSPS) is 30.0. The largest absolute Gasteiger partial charge is 0.326 e. The highest BCUT2D eigenvalue weighted by atomic mass is 15.0. The summed E-state index contributed by atoms with van der Waals surface area (Å²) >= 11 is 0. The Morgan fingerprint density at radius 3 is 2.67 bits per heavy atom. The molecule has 2 unspecified atom stereocenters. The summed E-state index contributed by atoms with van der Waals surface area (Å²) in [5.74, 6) is 0.801. The second-order valence-electron chi connectivity index (χ2n) is 4.34. The molecule has 12 heavy (non-hydrogen) atoms. The van der Waals surface area contributed by atoms with Crippen molar-refractivity contribution in [1.82, 2.24) is 5.32 Å². The second kappa shape index (κ2) is 4.83. The fourth-order valence-electron chi connectivity index (χ4n) is 1.80. The number of nitrogens with one attached hydrogen (secondary N) is 1. The molecule has 72 valence electrons. The Morgan fingerprint density at radius 1 is 1.42 bits per heavy atom. The van der Waals surface area contributed by atoms with Crippen LogP contribution in [0.5, 0.6) is 0 Å². The highest BCUT2D eigenvalue weighted by Gasteiger charge is 2.22. The smallest absolute Gasteiger partial charge is 0.0219 e. The average molecular weight is 170 g/mol. The summed E-state index contributed by atoms with van der Waals surface area (Å²) in [6.07, 6.45) is 5.06. The van der Waals surface area contributed by atoms with E-state index < -0.39 is 0 Å². The van der Waals surface area contributed by atoms with Gasteiger partial charge in [-0.05, 0) is 31.7 Å². The standard InChI is InChI=1S/C10H22N2/c1-8(2)6-7-12-10-5-3-4-9(10)11/h8-10,12H,3-7,11H2,1-2H3. The van der Waals surface area contributed by atoms with Gasteiger partial charge in [-0.25, -0.2) is 0 Å². The highest BCUT2D eigenvalue weighted by Crippen LogP contribution is 2.16. The van der Waals surface area contributed by atoms with Crippen LogP contribution in [0.1, 0.15) is 39.5 Å². The lowest BCUT2D eigenvalue weighted by Gasteiger charge is -2.17. The van der Waals surface area contributed by atoms with Crippen molar-refractivity contribution >= 4 is 0 Å². The first-order valence-corrected chi connectivity index (χ1v) is 5.19. The van der Waals surface area contributed by atoms with Gasteiger partial charge in [0.15, 0.2) is 0 Å². The number of hydrogen-bond donors (Lipinski definition) is 2. The van der Waals surface area contributed by atoms with Crippen molar-refractivity contribution in [2.75, 3.05) is 6.54 Å². The molecule has 0 aromatic carbocycles. The van der Waals surface area contributed by atoms with Crippen LogP contribution in [-0.4, -0.2) is 18.6 Å². The summed E-state index contributed by atoms with van der Waals surface area (Å²) in [5.41, 5.74) is 5.93. The van der Waals surface area contributed by atoms with E-state index in [0.29, 0.717) is 12.1 Å². The Morgan fingerprint density at radius 2 is 2.17 bits per heavy atom. The molecule has 2 atom stereocenters. The van der Waals surface area contributed by atoms with Gasteiger partial charge in [-0.1, -0.05) is 20.3 Å². The number of hydrogen-bond acceptors (Lipinski definition) is 2. The molecule has 0 radical (unpaired) electrons. The summed E-state index contributed by atoms with van der Waals surface area (Å²) in [6.45, 7) is 5.66. The van der Waals surface area contributed by atoms with Crippen LogP contribution in [0.3, 0.4) is 0 Å². The van der Waals surface area contributed by atoms with Crippen LogP contribution >= 0.6 is 0 Å². The number of rotatable bonds is 4. The van der Waals surface area contributed by atoms with Crippen LogP contribution in [-0.2, 0) is 0 Å². The van der Waals surface area contributed by atoms with Crippen molar-refractivity contribution in [3.63, 3.8) is 0 Å². The molecule has 2 heteroatoms. The van der Waals surface area contributed by atoms with E-state index in [1.54, 1.807) is 0 Å². The van der Waals surface area contributed by atoms with E-state index in [-0.39, 0.29) is 0 Å². The first-order chi connectivity index (χ1) is 5.70. The fourth-order valence-corrected chi connectivity index (χ4v) is 1.80. The lowest BCUT2D eigenvalue weighted by atomic mass is 10.1. The molecular weight excluding hydrogens is 148 g/mol. The van der Waals surface area contributed by atoms with Crippen LogP contribution in [0.15, 0.2) is 0 Å². The Hall–Kier alpha value is -0.0800. The minimum atomic E-state index is 0.414. The first kappa shape index (κ1) is 10.0. The third kappa shape index (κ3) is 3.11. The predicted molar refractivity (Wildman–Crippen MR) is 53.1 cm³/mol. The third-order valence-electron chi connectivity index (χ3n) is 2.70. The second-order valence-corrected chi connectivity index (χ2v) is 4.34. The third-order valence-corrected chi connectivity index (χ3v) is 2.70. The number of nitrogens with two attached hydrogens (primary N) is 1. The van der Waals surface area contributed by atoms with Crippen molar-refractivity contribution in [1.29, 1.82) is 0 Å². The van der Waals surface area contributed by atoms with E-state index in [4.69, 9.17) is 5.73 Å². The van der Waals surface area contributed by atoms with Crippen LogP contribution < -0.4 is 11.1 Å². The molecule has 0 aliphatic heterocycles. The Labute approximate surface area is 75.9 Å². The molecule has 0 heterocycles. The van der Waals surface area contributed by atoms with E-state index in [9.17, 15) is 0 Å². The van der Waals surface area contributed by atoms with Crippen molar-refractivity contribution in [3.8, 4) is 0 Å². The van der Waals surface area contributed by atoms with Crippen molar-refractivity contribution in [2.24, 2.45) is 11.7 Å². The van der Waals surface area contributed by atoms with Gasteiger partial charge in [0.2, 0.25) is 0 Å². The highest BCUT2D eigenvalue weighted by molar-refractivity contribution is 4.85. The molecule has 1 aliphatic carbocycles. The van der Waals surface area contributed by atoms with Crippen molar-refractivity contribution in [3.05, 3.63) is 0 Å². The minimum Gasteiger partial charge on any atom is -0.326 e. The molecular formula is C10H22N2. The minimum absolute atomic E-state index is 0.414. The van der Waals surface area contributed by atoms with Gasteiger partial charge in [0.05, 0.1) is 0 Å². The molecule has 1 aliphatic rings. The molecule has 1 fully saturated rings. The summed E-state index contributed by atoms with van der Waals surface area (Å²) in [7, 11) is 0. The molecule has 0 spiro atoms. The van der Waals surface area contributed by atoms with Gasteiger partial charge in [0.1, 0.15) is 0 Å². The lowest BCUT2D eigenvalue weighted by molar-refractivity contribution is 0.444. The molecule has 2 nitrogen and oxygen atoms in total. The molecule has 1 saturated carbocycles. The molecule has 0 bridgehead atoms. The zero-order valence-electron chi connectivity index (χ0n) is 8.34. The zero-order valence-corrected chi connectivity index (χ0v) is 8.34. The summed E-state index contributed by atoms with van der Waals surface area (Å²) in [5, 5.41) is 3.54. The average Bonchev–Trinajstić information content (AvgIpc) is 2.36. The summed E-state index contributed by atoms with van der Waals surface area (Å²) in [4.78, 5) is 0. The summed E-state index contributed by atoms with van der Waals surface area (Å²) < 4.78 is 0. The molecule has 0 saturated heterocycles. The maximum absolute atomic E-state index is 5.93.